The maximum Gasteiger partial charge on any atom is 0.151 e. The zero-order valence-corrected chi connectivity index (χ0v) is 12.0. The molecule has 0 radical (unpaired) electrons. The molecule has 1 aliphatic rings. The number of rotatable bonds is 6. The van der Waals surface area contributed by atoms with E-state index in [9.17, 15) is 0 Å². The number of nitrogens with zero attached hydrogens (tertiary/aromatic N) is 3. The van der Waals surface area contributed by atoms with Gasteiger partial charge in [-0.2, -0.15) is 5.10 Å². The zero-order valence-electron chi connectivity index (χ0n) is 12.0. The summed E-state index contributed by atoms with van der Waals surface area (Å²) in [5.41, 5.74) is 2.17. The molecule has 0 aromatic carbocycles. The van der Waals surface area contributed by atoms with Gasteiger partial charge in [-0.1, -0.05) is 0 Å². The number of anilines is 1. The molecule has 2 heterocycles. The molecule has 0 spiro atoms. The Hall–Kier alpha value is -1.88. The summed E-state index contributed by atoms with van der Waals surface area (Å²) in [4.78, 5) is 2.07. The van der Waals surface area contributed by atoms with Crippen molar-refractivity contribution in [2.45, 2.75) is 38.9 Å². The lowest BCUT2D eigenvalue weighted by Crippen LogP contribution is -2.20. The second-order valence-electron chi connectivity index (χ2n) is 5.40. The van der Waals surface area contributed by atoms with Crippen molar-refractivity contribution in [3.05, 3.63) is 41.5 Å². The van der Waals surface area contributed by atoms with Crippen molar-refractivity contribution >= 4 is 5.82 Å². The van der Waals surface area contributed by atoms with Gasteiger partial charge >= 0.3 is 0 Å². The molecule has 0 amide bonds. The summed E-state index contributed by atoms with van der Waals surface area (Å²) in [6.45, 7) is 3.56. The van der Waals surface area contributed by atoms with Crippen LogP contribution in [0.5, 0.6) is 0 Å². The van der Waals surface area contributed by atoms with E-state index in [1.807, 2.05) is 32.2 Å². The van der Waals surface area contributed by atoms with Gasteiger partial charge in [0.05, 0.1) is 12.0 Å². The molecule has 0 atom stereocenters. The number of aromatic nitrogens is 2. The first-order valence-corrected chi connectivity index (χ1v) is 7.02. The van der Waals surface area contributed by atoms with Crippen LogP contribution in [-0.4, -0.2) is 23.3 Å². The number of furan rings is 1. The molecule has 0 bridgehead atoms. The molecule has 5 nitrogen and oxygen atoms in total. The number of hydrogen-bond acceptors (Lipinski definition) is 5. The van der Waals surface area contributed by atoms with Gasteiger partial charge in [-0.25, -0.2) is 0 Å². The van der Waals surface area contributed by atoms with Crippen LogP contribution in [0, 0.1) is 6.92 Å². The third kappa shape index (κ3) is 3.17. The summed E-state index contributed by atoms with van der Waals surface area (Å²) >= 11 is 0. The molecule has 1 fully saturated rings. The van der Waals surface area contributed by atoms with Gasteiger partial charge in [0.1, 0.15) is 5.76 Å². The van der Waals surface area contributed by atoms with Crippen LogP contribution in [0.4, 0.5) is 5.82 Å². The molecule has 0 saturated heterocycles. The van der Waals surface area contributed by atoms with Gasteiger partial charge in [-0.05, 0) is 38.0 Å². The van der Waals surface area contributed by atoms with Gasteiger partial charge in [0.2, 0.25) is 0 Å². The molecule has 0 aliphatic heterocycles. The molecule has 3 rings (SSSR count). The molecular weight excluding hydrogens is 252 g/mol. The maximum absolute atomic E-state index is 5.31. The van der Waals surface area contributed by atoms with E-state index in [1.165, 1.54) is 18.4 Å². The topological polar surface area (TPSA) is 54.2 Å². The van der Waals surface area contributed by atoms with Crippen molar-refractivity contribution in [2.24, 2.45) is 0 Å². The normalized spacial score (nSPS) is 14.5. The lowest BCUT2D eigenvalue weighted by atomic mass is 10.2. The van der Waals surface area contributed by atoms with E-state index in [4.69, 9.17) is 4.42 Å². The summed E-state index contributed by atoms with van der Waals surface area (Å²) < 4.78 is 5.31. The quantitative estimate of drug-likeness (QED) is 0.874. The minimum Gasteiger partial charge on any atom is -0.469 e. The predicted molar refractivity (Wildman–Crippen MR) is 77.4 cm³/mol. The highest BCUT2D eigenvalue weighted by Crippen LogP contribution is 2.19. The van der Waals surface area contributed by atoms with E-state index in [-0.39, 0.29) is 0 Å². The molecule has 2 aromatic rings. The van der Waals surface area contributed by atoms with Crippen molar-refractivity contribution in [1.29, 1.82) is 0 Å². The Balaban J connectivity index is 1.59. The minimum atomic E-state index is 0.697. The first-order valence-electron chi connectivity index (χ1n) is 7.02. The van der Waals surface area contributed by atoms with Crippen molar-refractivity contribution in [2.75, 3.05) is 11.9 Å². The van der Waals surface area contributed by atoms with Crippen LogP contribution >= 0.6 is 0 Å². The molecule has 1 aliphatic carbocycles. The molecule has 20 heavy (non-hydrogen) atoms. The Morgan fingerprint density at radius 1 is 1.30 bits per heavy atom. The fourth-order valence-corrected chi connectivity index (χ4v) is 2.10. The van der Waals surface area contributed by atoms with Crippen molar-refractivity contribution < 1.29 is 4.42 Å². The molecule has 1 saturated carbocycles. The molecule has 1 N–H and O–H groups in total. The van der Waals surface area contributed by atoms with Gasteiger partial charge in [0.15, 0.2) is 5.82 Å². The number of aryl methyl sites for hydroxylation is 1. The van der Waals surface area contributed by atoms with Crippen molar-refractivity contribution in [3.63, 3.8) is 0 Å². The highest BCUT2D eigenvalue weighted by atomic mass is 16.3. The second kappa shape index (κ2) is 5.63. The lowest BCUT2D eigenvalue weighted by Gasteiger charge is -2.17. The molecule has 2 aromatic heterocycles. The van der Waals surface area contributed by atoms with E-state index in [1.54, 1.807) is 6.26 Å². The van der Waals surface area contributed by atoms with Crippen LogP contribution in [0.2, 0.25) is 0 Å². The number of hydrogen-bond donors (Lipinski definition) is 1. The maximum atomic E-state index is 5.31. The average Bonchev–Trinajstić information content (AvgIpc) is 3.21. The van der Waals surface area contributed by atoms with E-state index < -0.39 is 0 Å². The fourth-order valence-electron chi connectivity index (χ4n) is 2.10. The van der Waals surface area contributed by atoms with Crippen LogP contribution < -0.4 is 10.2 Å². The van der Waals surface area contributed by atoms with Crippen molar-refractivity contribution in [1.82, 2.24) is 15.5 Å². The fraction of sp³-hybridized carbons (Fsp3) is 0.467. The van der Waals surface area contributed by atoms with E-state index in [0.29, 0.717) is 6.04 Å². The first-order chi connectivity index (χ1) is 9.72. The third-order valence-corrected chi connectivity index (χ3v) is 3.62. The van der Waals surface area contributed by atoms with Gasteiger partial charge in [0.25, 0.3) is 0 Å². The summed E-state index contributed by atoms with van der Waals surface area (Å²) in [7, 11) is 2.01. The van der Waals surface area contributed by atoms with Crippen LogP contribution in [0.1, 0.15) is 29.9 Å². The largest absolute Gasteiger partial charge is 0.469 e. The van der Waals surface area contributed by atoms with Gasteiger partial charge in [-0.15, -0.1) is 5.10 Å². The van der Waals surface area contributed by atoms with E-state index >= 15 is 0 Å². The summed E-state index contributed by atoms with van der Waals surface area (Å²) in [5, 5.41) is 12.0. The Bertz CT molecular complexity index is 560. The highest BCUT2D eigenvalue weighted by Gasteiger charge is 2.20. The third-order valence-electron chi connectivity index (χ3n) is 3.62. The smallest absolute Gasteiger partial charge is 0.151 e. The highest BCUT2D eigenvalue weighted by molar-refractivity contribution is 5.37. The lowest BCUT2D eigenvalue weighted by molar-refractivity contribution is 0.529. The van der Waals surface area contributed by atoms with E-state index in [0.717, 1.165) is 30.4 Å². The van der Waals surface area contributed by atoms with Crippen LogP contribution in [-0.2, 0) is 13.1 Å². The van der Waals surface area contributed by atoms with Gasteiger partial charge < -0.3 is 14.6 Å². The Morgan fingerprint density at radius 2 is 2.15 bits per heavy atom. The average molecular weight is 272 g/mol. The molecule has 0 unspecified atom stereocenters. The SMILES string of the molecule is Cc1occc1CN(C)c1ccc(CNC2CC2)nn1. The first kappa shape index (κ1) is 13.1. The predicted octanol–water partition coefficient (Wildman–Crippen LogP) is 2.27. The van der Waals surface area contributed by atoms with Gasteiger partial charge in [-0.3, -0.25) is 0 Å². The zero-order chi connectivity index (χ0) is 13.9. The number of nitrogens with one attached hydrogen (secondary N) is 1. The molecule has 106 valence electrons. The standard InChI is InChI=1S/C15H20N4O/c1-11-12(7-8-20-11)10-19(2)15-6-5-14(17-18-15)9-16-13-3-4-13/h5-8,13,16H,3-4,9-10H2,1-2H3. The van der Waals surface area contributed by atoms with Crippen LogP contribution in [0.25, 0.3) is 0 Å². The summed E-state index contributed by atoms with van der Waals surface area (Å²) in [5.74, 6) is 1.83. The van der Waals surface area contributed by atoms with Crippen LogP contribution in [0.15, 0.2) is 28.9 Å². The second-order valence-corrected chi connectivity index (χ2v) is 5.40. The van der Waals surface area contributed by atoms with E-state index in [2.05, 4.69) is 20.4 Å². The Kier molecular flexibility index (Phi) is 3.69. The minimum absolute atomic E-state index is 0.697. The summed E-state index contributed by atoms with van der Waals surface area (Å²) in [6.07, 6.45) is 4.30. The Labute approximate surface area is 119 Å². The molecular formula is C15H20N4O. The monoisotopic (exact) mass is 272 g/mol. The van der Waals surface area contributed by atoms with Crippen molar-refractivity contribution in [3.8, 4) is 0 Å². The van der Waals surface area contributed by atoms with Gasteiger partial charge in [0, 0.05) is 31.7 Å². The summed E-state index contributed by atoms with van der Waals surface area (Å²) in [6, 6.07) is 6.75. The van der Waals surface area contributed by atoms with Crippen LogP contribution in [0.3, 0.4) is 0 Å². The molecule has 5 heteroatoms. The Morgan fingerprint density at radius 3 is 2.75 bits per heavy atom.